The monoisotopic (exact) mass is 242 g/mol. The van der Waals surface area contributed by atoms with E-state index < -0.39 is 0 Å². The third kappa shape index (κ3) is 3.05. The van der Waals surface area contributed by atoms with Crippen LogP contribution in [0, 0.1) is 0 Å². The van der Waals surface area contributed by atoms with Crippen molar-refractivity contribution >= 4 is 22.4 Å². The molecule has 1 nitrogen and oxygen atoms in total. The highest BCUT2D eigenvalue weighted by molar-refractivity contribution is 6.50. The minimum atomic E-state index is -0.0838. The molecule has 0 fully saturated rings. The minimum absolute atomic E-state index is 0.0838. The van der Waals surface area contributed by atoms with Crippen LogP contribution in [-0.4, -0.2) is 5.78 Å². The van der Waals surface area contributed by atoms with Gasteiger partial charge in [-0.2, -0.15) is 0 Å². The van der Waals surface area contributed by atoms with Gasteiger partial charge < -0.3 is 0 Å². The largest absolute Gasteiger partial charge is 0.289 e. The van der Waals surface area contributed by atoms with E-state index in [1.165, 1.54) is 6.08 Å². The fourth-order valence-electron chi connectivity index (χ4n) is 1.48. The predicted octanol–water partition coefficient (Wildman–Crippen LogP) is 4.15. The van der Waals surface area contributed by atoms with Crippen molar-refractivity contribution < 1.29 is 4.79 Å². The van der Waals surface area contributed by atoms with Gasteiger partial charge in [-0.15, -0.1) is 0 Å². The second kappa shape index (κ2) is 5.46. The highest BCUT2D eigenvalue weighted by atomic mass is 35.5. The molecule has 0 aliphatic rings. The predicted molar refractivity (Wildman–Crippen MR) is 71.0 cm³/mol. The average Bonchev–Trinajstić information content (AvgIpc) is 2.40. The third-order valence-corrected chi connectivity index (χ3v) is 2.69. The Labute approximate surface area is 105 Å². The number of carbonyl (C=O) groups excluding carboxylic acids is 1. The van der Waals surface area contributed by atoms with Crippen LogP contribution < -0.4 is 0 Å². The standard InChI is InChI=1S/C15H11ClO/c16-14(12-7-3-1-4-8-12)11-15(17)13-9-5-2-6-10-13/h1-11H/b14-11-. The summed E-state index contributed by atoms with van der Waals surface area (Å²) in [5, 5.41) is 0.458. The molecule has 2 rings (SSSR count). The third-order valence-electron chi connectivity index (χ3n) is 2.37. The number of halogens is 1. The fourth-order valence-corrected chi connectivity index (χ4v) is 1.71. The van der Waals surface area contributed by atoms with Crippen molar-refractivity contribution in [2.75, 3.05) is 0 Å². The van der Waals surface area contributed by atoms with Crippen molar-refractivity contribution in [3.8, 4) is 0 Å². The minimum Gasteiger partial charge on any atom is -0.289 e. The van der Waals surface area contributed by atoms with Crippen molar-refractivity contribution in [2.45, 2.75) is 0 Å². The summed E-state index contributed by atoms with van der Waals surface area (Å²) < 4.78 is 0. The maximum atomic E-state index is 11.9. The lowest BCUT2D eigenvalue weighted by molar-refractivity contribution is 0.104. The number of benzene rings is 2. The van der Waals surface area contributed by atoms with Gasteiger partial charge in [0, 0.05) is 11.6 Å². The second-order valence-corrected chi connectivity index (χ2v) is 4.00. The smallest absolute Gasteiger partial charge is 0.187 e. The van der Waals surface area contributed by atoms with Gasteiger partial charge in [-0.25, -0.2) is 0 Å². The molecule has 0 aliphatic heterocycles. The average molecular weight is 243 g/mol. The molecular formula is C15H11ClO. The van der Waals surface area contributed by atoms with E-state index in [1.54, 1.807) is 12.1 Å². The Kier molecular flexibility index (Phi) is 3.73. The van der Waals surface area contributed by atoms with Crippen molar-refractivity contribution in [1.82, 2.24) is 0 Å². The lowest BCUT2D eigenvalue weighted by atomic mass is 10.1. The zero-order valence-electron chi connectivity index (χ0n) is 9.14. The number of allylic oxidation sites excluding steroid dienone is 1. The number of carbonyl (C=O) groups is 1. The van der Waals surface area contributed by atoms with Crippen LogP contribution in [0.4, 0.5) is 0 Å². The Morgan fingerprint density at radius 3 is 1.82 bits per heavy atom. The molecule has 0 unspecified atom stereocenters. The molecule has 0 saturated carbocycles. The van der Waals surface area contributed by atoms with E-state index in [0.29, 0.717) is 10.6 Å². The van der Waals surface area contributed by atoms with Gasteiger partial charge in [0.15, 0.2) is 5.78 Å². The summed E-state index contributed by atoms with van der Waals surface area (Å²) in [4.78, 5) is 11.9. The van der Waals surface area contributed by atoms with Gasteiger partial charge in [0.25, 0.3) is 0 Å². The van der Waals surface area contributed by atoms with Crippen molar-refractivity contribution in [3.63, 3.8) is 0 Å². The van der Waals surface area contributed by atoms with Gasteiger partial charge in [-0.1, -0.05) is 72.3 Å². The molecule has 0 spiro atoms. The van der Waals surface area contributed by atoms with Crippen LogP contribution in [0.1, 0.15) is 15.9 Å². The number of rotatable bonds is 3. The summed E-state index contributed by atoms with van der Waals surface area (Å²) in [5.74, 6) is -0.0838. The van der Waals surface area contributed by atoms with E-state index in [1.807, 2.05) is 48.5 Å². The summed E-state index contributed by atoms with van der Waals surface area (Å²) >= 11 is 6.09. The molecule has 0 saturated heterocycles. The van der Waals surface area contributed by atoms with Gasteiger partial charge in [-0.05, 0) is 5.56 Å². The molecule has 2 aromatic rings. The second-order valence-electron chi connectivity index (χ2n) is 3.59. The van der Waals surface area contributed by atoms with Crippen molar-refractivity contribution in [3.05, 3.63) is 77.9 Å². The molecule has 0 N–H and O–H groups in total. The molecule has 0 aliphatic carbocycles. The summed E-state index contributed by atoms with van der Waals surface area (Å²) in [6, 6.07) is 18.5. The van der Waals surface area contributed by atoms with E-state index in [2.05, 4.69) is 0 Å². The SMILES string of the molecule is O=C(/C=C(\Cl)c1ccccc1)c1ccccc1. The normalized spacial score (nSPS) is 11.2. The summed E-state index contributed by atoms with van der Waals surface area (Å²) in [7, 11) is 0. The topological polar surface area (TPSA) is 17.1 Å². The van der Waals surface area contributed by atoms with Crippen LogP contribution in [-0.2, 0) is 0 Å². The van der Waals surface area contributed by atoms with Gasteiger partial charge >= 0.3 is 0 Å². The van der Waals surface area contributed by atoms with E-state index in [9.17, 15) is 4.79 Å². The van der Waals surface area contributed by atoms with E-state index in [4.69, 9.17) is 11.6 Å². The van der Waals surface area contributed by atoms with E-state index in [0.717, 1.165) is 5.56 Å². The highest BCUT2D eigenvalue weighted by Crippen LogP contribution is 2.19. The molecule has 0 heterocycles. The van der Waals surface area contributed by atoms with Crippen LogP contribution >= 0.6 is 11.6 Å². The Balaban J connectivity index is 2.24. The van der Waals surface area contributed by atoms with Crippen LogP contribution in [0.25, 0.3) is 5.03 Å². The first-order chi connectivity index (χ1) is 8.27. The molecule has 0 amide bonds. The van der Waals surface area contributed by atoms with Crippen molar-refractivity contribution in [1.29, 1.82) is 0 Å². The van der Waals surface area contributed by atoms with Gasteiger partial charge in [0.2, 0.25) is 0 Å². The first-order valence-electron chi connectivity index (χ1n) is 5.29. The van der Waals surface area contributed by atoms with Crippen LogP contribution in [0.5, 0.6) is 0 Å². The number of hydrogen-bond donors (Lipinski definition) is 0. The zero-order chi connectivity index (χ0) is 12.1. The van der Waals surface area contributed by atoms with Gasteiger partial charge in [0.1, 0.15) is 0 Å². The fraction of sp³-hybridized carbons (Fsp3) is 0. The molecule has 0 radical (unpaired) electrons. The molecule has 0 bridgehead atoms. The van der Waals surface area contributed by atoms with Crippen LogP contribution in [0.3, 0.4) is 0 Å². The Hall–Kier alpha value is -1.86. The Morgan fingerprint density at radius 1 is 0.824 bits per heavy atom. The first-order valence-corrected chi connectivity index (χ1v) is 5.67. The maximum absolute atomic E-state index is 11.9. The molecule has 2 heteroatoms. The van der Waals surface area contributed by atoms with Gasteiger partial charge in [-0.3, -0.25) is 4.79 Å². The Bertz CT molecular complexity index is 529. The molecule has 2 aromatic carbocycles. The quantitative estimate of drug-likeness (QED) is 0.584. The number of ketones is 1. The zero-order valence-corrected chi connectivity index (χ0v) is 9.89. The van der Waals surface area contributed by atoms with Crippen LogP contribution in [0.2, 0.25) is 0 Å². The Morgan fingerprint density at radius 2 is 1.29 bits per heavy atom. The summed E-state index contributed by atoms with van der Waals surface area (Å²) in [6.07, 6.45) is 1.45. The van der Waals surface area contributed by atoms with Crippen molar-refractivity contribution in [2.24, 2.45) is 0 Å². The first kappa shape index (κ1) is 11.6. The lowest BCUT2D eigenvalue weighted by Gasteiger charge is -1.99. The summed E-state index contributed by atoms with van der Waals surface area (Å²) in [5.41, 5.74) is 1.49. The molecule has 17 heavy (non-hydrogen) atoms. The lowest BCUT2D eigenvalue weighted by Crippen LogP contribution is -1.94. The van der Waals surface area contributed by atoms with Crippen LogP contribution in [0.15, 0.2) is 66.7 Å². The van der Waals surface area contributed by atoms with E-state index >= 15 is 0 Å². The van der Waals surface area contributed by atoms with Gasteiger partial charge in [0.05, 0.1) is 5.03 Å². The molecule has 0 atom stereocenters. The molecular weight excluding hydrogens is 232 g/mol. The number of hydrogen-bond acceptors (Lipinski definition) is 1. The molecule has 84 valence electrons. The van der Waals surface area contributed by atoms with E-state index in [-0.39, 0.29) is 5.78 Å². The molecule has 0 aromatic heterocycles. The highest BCUT2D eigenvalue weighted by Gasteiger charge is 2.04. The summed E-state index contributed by atoms with van der Waals surface area (Å²) in [6.45, 7) is 0. The maximum Gasteiger partial charge on any atom is 0.187 e.